The Morgan fingerprint density at radius 2 is 2.00 bits per heavy atom. The zero-order chi connectivity index (χ0) is 15.8. The summed E-state index contributed by atoms with van der Waals surface area (Å²) in [5.74, 6) is -1.07. The summed E-state index contributed by atoms with van der Waals surface area (Å²) in [5.41, 5.74) is 0.415. The smallest absolute Gasteiger partial charge is 0.416 e. The molecule has 0 unspecified atom stereocenters. The highest BCUT2D eigenvalue weighted by Crippen LogP contribution is 2.39. The van der Waals surface area contributed by atoms with Crippen molar-refractivity contribution in [2.75, 3.05) is 0 Å². The number of aromatic carboxylic acids is 1. The lowest BCUT2D eigenvalue weighted by Gasteiger charge is -2.09. The van der Waals surface area contributed by atoms with E-state index >= 15 is 0 Å². The number of unbranched alkanes of at least 4 members (excludes halogenated alkanes) is 1. The molecule has 0 aliphatic carbocycles. The molecule has 0 spiro atoms. The van der Waals surface area contributed by atoms with Gasteiger partial charge in [0, 0.05) is 4.70 Å². The molecule has 0 radical (unpaired) electrons. The van der Waals surface area contributed by atoms with Gasteiger partial charge in [-0.3, -0.25) is 0 Å². The number of carboxylic acid groups (broad SMARTS) is 1. The molecular weight excluding hydrogens is 301 g/mol. The lowest BCUT2D eigenvalue weighted by atomic mass is 9.99. The van der Waals surface area contributed by atoms with Gasteiger partial charge in [-0.15, -0.1) is 11.3 Å². The van der Waals surface area contributed by atoms with E-state index in [1.165, 1.54) is 0 Å². The second-order valence-corrected chi connectivity index (χ2v) is 6.03. The largest absolute Gasteiger partial charge is 0.477 e. The molecule has 0 fully saturated rings. The van der Waals surface area contributed by atoms with Crippen molar-refractivity contribution in [2.24, 2.45) is 0 Å². The second kappa shape index (κ2) is 5.67. The Kier molecular flexibility index (Phi) is 4.27. The van der Waals surface area contributed by atoms with Crippen molar-refractivity contribution in [1.82, 2.24) is 0 Å². The van der Waals surface area contributed by atoms with Gasteiger partial charge >= 0.3 is 12.1 Å². The SMILES string of the molecule is CCCCc1c(C(=O)O)sc2cc(C(F)(F)F)cc(C)c12. The average Bonchev–Trinajstić information content (AvgIpc) is 2.74. The van der Waals surface area contributed by atoms with E-state index in [9.17, 15) is 23.1 Å². The van der Waals surface area contributed by atoms with Crippen LogP contribution in [-0.2, 0) is 12.6 Å². The van der Waals surface area contributed by atoms with Gasteiger partial charge < -0.3 is 5.11 Å². The van der Waals surface area contributed by atoms with E-state index in [1.54, 1.807) is 6.92 Å². The van der Waals surface area contributed by atoms with E-state index in [0.29, 0.717) is 27.6 Å². The van der Waals surface area contributed by atoms with Crippen LogP contribution in [0.25, 0.3) is 10.1 Å². The summed E-state index contributed by atoms with van der Waals surface area (Å²) in [4.78, 5) is 11.5. The molecule has 2 aromatic rings. The first-order chi connectivity index (χ1) is 9.75. The minimum atomic E-state index is -4.42. The highest BCUT2D eigenvalue weighted by molar-refractivity contribution is 7.21. The number of aryl methyl sites for hydroxylation is 2. The van der Waals surface area contributed by atoms with Gasteiger partial charge in [-0.25, -0.2) is 4.79 Å². The molecule has 2 nitrogen and oxygen atoms in total. The summed E-state index contributed by atoms with van der Waals surface area (Å²) in [5, 5.41) is 9.94. The fourth-order valence-electron chi connectivity index (χ4n) is 2.44. The zero-order valence-corrected chi connectivity index (χ0v) is 12.5. The molecule has 6 heteroatoms. The van der Waals surface area contributed by atoms with Gasteiger partial charge in [0.15, 0.2) is 0 Å². The molecule has 1 heterocycles. The number of hydrogen-bond acceptors (Lipinski definition) is 2. The van der Waals surface area contributed by atoms with Gasteiger partial charge in [0.2, 0.25) is 0 Å². The minimum absolute atomic E-state index is 0.154. The van der Waals surface area contributed by atoms with Crippen molar-refractivity contribution in [3.63, 3.8) is 0 Å². The van der Waals surface area contributed by atoms with Crippen molar-refractivity contribution in [1.29, 1.82) is 0 Å². The van der Waals surface area contributed by atoms with Crippen LogP contribution in [0.3, 0.4) is 0 Å². The van der Waals surface area contributed by atoms with Crippen LogP contribution in [-0.4, -0.2) is 11.1 Å². The lowest BCUT2D eigenvalue weighted by molar-refractivity contribution is -0.137. The first-order valence-corrected chi connectivity index (χ1v) is 7.43. The molecule has 0 saturated heterocycles. The van der Waals surface area contributed by atoms with E-state index in [2.05, 4.69) is 0 Å². The Balaban J connectivity index is 2.70. The fourth-order valence-corrected chi connectivity index (χ4v) is 3.64. The van der Waals surface area contributed by atoms with Crippen LogP contribution < -0.4 is 0 Å². The number of halogens is 3. The first kappa shape index (κ1) is 15.8. The summed E-state index contributed by atoms with van der Waals surface area (Å²) in [6, 6.07) is 2.14. The molecule has 2 rings (SSSR count). The third-order valence-electron chi connectivity index (χ3n) is 3.39. The van der Waals surface area contributed by atoms with Crippen LogP contribution in [0.1, 0.15) is 46.1 Å². The van der Waals surface area contributed by atoms with Gasteiger partial charge in [-0.2, -0.15) is 13.2 Å². The van der Waals surface area contributed by atoms with E-state index in [-0.39, 0.29) is 4.88 Å². The number of hydrogen-bond donors (Lipinski definition) is 1. The Morgan fingerprint density at radius 1 is 1.33 bits per heavy atom. The molecule has 1 aromatic heterocycles. The second-order valence-electron chi connectivity index (χ2n) is 4.98. The molecule has 0 atom stereocenters. The average molecular weight is 316 g/mol. The topological polar surface area (TPSA) is 37.3 Å². The van der Waals surface area contributed by atoms with Gasteiger partial charge in [-0.05, 0) is 48.4 Å². The monoisotopic (exact) mass is 316 g/mol. The van der Waals surface area contributed by atoms with Crippen molar-refractivity contribution >= 4 is 27.4 Å². The molecule has 0 aliphatic heterocycles. The van der Waals surface area contributed by atoms with E-state index in [1.807, 2.05) is 6.92 Å². The number of thiophene rings is 1. The number of carboxylic acids is 1. The summed E-state index contributed by atoms with van der Waals surface area (Å²) in [6.07, 6.45) is -2.14. The van der Waals surface area contributed by atoms with Gasteiger partial charge in [0.1, 0.15) is 4.88 Å². The van der Waals surface area contributed by atoms with Crippen LogP contribution in [0.5, 0.6) is 0 Å². The Hall–Kier alpha value is -1.56. The highest BCUT2D eigenvalue weighted by Gasteiger charge is 2.32. The summed E-state index contributed by atoms with van der Waals surface area (Å²) in [6.45, 7) is 3.59. The van der Waals surface area contributed by atoms with Crippen molar-refractivity contribution in [3.05, 3.63) is 33.7 Å². The molecule has 0 amide bonds. The number of alkyl halides is 3. The maximum Gasteiger partial charge on any atom is 0.416 e. The Bertz CT molecular complexity index is 686. The Labute approximate surface area is 124 Å². The normalized spacial score (nSPS) is 12.0. The molecular formula is C15H15F3O2S. The Morgan fingerprint density at radius 3 is 2.52 bits per heavy atom. The summed E-state index contributed by atoms with van der Waals surface area (Å²) < 4.78 is 39.0. The molecule has 21 heavy (non-hydrogen) atoms. The van der Waals surface area contributed by atoms with Crippen molar-refractivity contribution in [3.8, 4) is 0 Å². The maximum atomic E-state index is 12.9. The van der Waals surface area contributed by atoms with Gasteiger partial charge in [0.25, 0.3) is 0 Å². The number of rotatable bonds is 4. The van der Waals surface area contributed by atoms with E-state index < -0.39 is 17.7 Å². The maximum absolute atomic E-state index is 12.9. The van der Waals surface area contributed by atoms with Gasteiger partial charge in [0.05, 0.1) is 5.56 Å². The molecule has 0 aliphatic rings. The van der Waals surface area contributed by atoms with Gasteiger partial charge in [-0.1, -0.05) is 13.3 Å². The van der Waals surface area contributed by atoms with Crippen molar-refractivity contribution < 1.29 is 23.1 Å². The highest BCUT2D eigenvalue weighted by atomic mass is 32.1. The third kappa shape index (κ3) is 3.05. The minimum Gasteiger partial charge on any atom is -0.477 e. The fraction of sp³-hybridized carbons (Fsp3) is 0.400. The molecule has 1 aromatic carbocycles. The van der Waals surface area contributed by atoms with Crippen LogP contribution in [0, 0.1) is 6.92 Å². The number of fused-ring (bicyclic) bond motifs is 1. The first-order valence-electron chi connectivity index (χ1n) is 6.62. The molecule has 1 N–H and O–H groups in total. The van der Waals surface area contributed by atoms with Crippen LogP contribution >= 0.6 is 11.3 Å². The number of benzene rings is 1. The van der Waals surface area contributed by atoms with E-state index in [4.69, 9.17) is 0 Å². The predicted octanol–water partition coefficient (Wildman–Crippen LogP) is 5.27. The molecule has 114 valence electrons. The summed E-state index contributed by atoms with van der Waals surface area (Å²) >= 11 is 0.927. The molecule has 0 bridgehead atoms. The quantitative estimate of drug-likeness (QED) is 0.834. The zero-order valence-electron chi connectivity index (χ0n) is 11.7. The van der Waals surface area contributed by atoms with Crippen molar-refractivity contribution in [2.45, 2.75) is 39.3 Å². The summed E-state index contributed by atoms with van der Waals surface area (Å²) in [7, 11) is 0. The van der Waals surface area contributed by atoms with Crippen LogP contribution in [0.4, 0.5) is 13.2 Å². The lowest BCUT2D eigenvalue weighted by Crippen LogP contribution is -2.05. The van der Waals surface area contributed by atoms with Crippen LogP contribution in [0.2, 0.25) is 0 Å². The standard InChI is InChI=1S/C15H15F3O2S/c1-3-4-5-10-12-8(2)6-9(15(16,17)18)7-11(12)21-13(10)14(19)20/h6-7H,3-5H2,1-2H3,(H,19,20). The van der Waals surface area contributed by atoms with E-state index in [0.717, 1.165) is 36.3 Å². The third-order valence-corrected chi connectivity index (χ3v) is 4.56. The number of carbonyl (C=O) groups is 1. The predicted molar refractivity (Wildman–Crippen MR) is 77.1 cm³/mol. The van der Waals surface area contributed by atoms with Crippen LogP contribution in [0.15, 0.2) is 12.1 Å². The molecule has 0 saturated carbocycles.